The van der Waals surface area contributed by atoms with E-state index < -0.39 is 0 Å². The Kier molecular flexibility index (Phi) is 5.54. The molecule has 1 aromatic heterocycles. The van der Waals surface area contributed by atoms with Crippen LogP contribution in [0, 0.1) is 0 Å². The molecule has 0 radical (unpaired) electrons. The summed E-state index contributed by atoms with van der Waals surface area (Å²) in [6, 6.07) is 56.9. The van der Waals surface area contributed by atoms with Crippen molar-refractivity contribution in [2.45, 2.75) is 19.3 Å². The lowest BCUT2D eigenvalue weighted by Gasteiger charge is -2.30. The van der Waals surface area contributed by atoms with Crippen molar-refractivity contribution in [1.29, 1.82) is 0 Å². The molecule has 250 valence electrons. The van der Waals surface area contributed by atoms with E-state index in [-0.39, 0.29) is 5.41 Å². The van der Waals surface area contributed by atoms with Crippen LogP contribution in [-0.4, -0.2) is 4.57 Å². The first kappa shape index (κ1) is 28.9. The Hall–Kier alpha value is -6.78. The number of rotatable bonds is 4. The van der Waals surface area contributed by atoms with Gasteiger partial charge >= 0.3 is 0 Å². The van der Waals surface area contributed by atoms with Gasteiger partial charge in [-0.15, -0.1) is 0 Å². The fraction of sp³-hybridized carbons (Fsp3) is 0.0612. The van der Waals surface area contributed by atoms with E-state index in [1.54, 1.807) is 0 Å². The minimum absolute atomic E-state index is 0.0863. The molecule has 1 aliphatic carbocycles. The van der Waals surface area contributed by atoms with Gasteiger partial charge in [0.1, 0.15) is 5.69 Å². The Morgan fingerprint density at radius 1 is 0.491 bits per heavy atom. The molecule has 0 fully saturated rings. The first-order valence-corrected chi connectivity index (χ1v) is 18.3. The second-order valence-corrected chi connectivity index (χ2v) is 14.9. The van der Waals surface area contributed by atoms with Gasteiger partial charge in [0.25, 0.3) is 0 Å². The second kappa shape index (κ2) is 10.2. The summed E-state index contributed by atoms with van der Waals surface area (Å²) in [5, 5.41) is 4.73. The van der Waals surface area contributed by atoms with Crippen molar-refractivity contribution < 1.29 is 9.47 Å². The van der Waals surface area contributed by atoms with Crippen LogP contribution in [0.15, 0.2) is 158 Å². The highest BCUT2D eigenvalue weighted by Gasteiger charge is 2.37. The highest BCUT2D eigenvalue weighted by atomic mass is 16.5. The van der Waals surface area contributed by atoms with Crippen LogP contribution in [-0.2, 0) is 5.41 Å². The summed E-state index contributed by atoms with van der Waals surface area (Å²) in [5.41, 5.74) is 13.9. The number of para-hydroxylation sites is 2. The van der Waals surface area contributed by atoms with Gasteiger partial charge in [0.15, 0.2) is 23.0 Å². The normalized spacial score (nSPS) is 13.9. The second-order valence-electron chi connectivity index (χ2n) is 14.9. The molecule has 0 spiro atoms. The van der Waals surface area contributed by atoms with Crippen LogP contribution in [0.25, 0.3) is 60.5 Å². The minimum atomic E-state index is -0.0863. The molecule has 0 saturated carbocycles. The lowest BCUT2D eigenvalue weighted by Crippen LogP contribution is -2.15. The third-order valence-electron chi connectivity index (χ3n) is 11.7. The zero-order valence-electron chi connectivity index (χ0n) is 29.2. The zero-order chi connectivity index (χ0) is 35.0. The van der Waals surface area contributed by atoms with Crippen molar-refractivity contribution in [3.05, 3.63) is 169 Å². The minimum Gasteiger partial charge on any atom is -0.453 e. The van der Waals surface area contributed by atoms with E-state index in [1.807, 2.05) is 18.2 Å². The van der Waals surface area contributed by atoms with Crippen molar-refractivity contribution in [2.24, 2.45) is 0 Å². The molecule has 4 nitrogen and oxygen atoms in total. The van der Waals surface area contributed by atoms with Crippen molar-refractivity contribution >= 4 is 49.6 Å². The van der Waals surface area contributed by atoms with Gasteiger partial charge < -0.3 is 14.4 Å². The number of anilines is 3. The molecule has 0 unspecified atom stereocenters. The number of hydrogen-bond donors (Lipinski definition) is 0. The summed E-state index contributed by atoms with van der Waals surface area (Å²) in [6.07, 6.45) is 0. The van der Waals surface area contributed by atoms with Gasteiger partial charge in [-0.1, -0.05) is 117 Å². The number of ether oxygens (including phenoxy) is 2. The van der Waals surface area contributed by atoms with Crippen LogP contribution in [0.2, 0.25) is 0 Å². The molecule has 0 N–H and O–H groups in total. The highest BCUT2D eigenvalue weighted by Crippen LogP contribution is 2.57. The average Bonchev–Trinajstić information content (AvgIpc) is 3.67. The molecule has 0 amide bonds. The Labute approximate surface area is 306 Å². The third kappa shape index (κ3) is 3.79. The number of benzene rings is 8. The third-order valence-corrected chi connectivity index (χ3v) is 11.7. The molecule has 9 aromatic rings. The molecule has 0 saturated heterocycles. The van der Waals surface area contributed by atoms with E-state index in [2.05, 4.69) is 163 Å². The van der Waals surface area contributed by atoms with E-state index in [9.17, 15) is 0 Å². The van der Waals surface area contributed by atoms with Gasteiger partial charge in [-0.2, -0.15) is 0 Å². The standard InChI is InChI=1S/C49H32N2O2/c1-49(2)38-19-6-5-16-35(38)37-28-32(23-24-39(37)49)50(31-14-7-13-30(27-31)34-17-8-12-29-11-3-4-15-33(29)34)40-25-26-44-48-45(40)36-18-9-20-41-46(36)51(48)47-42(52-41)21-10-22-43(47)53-44/h3-28H,1-2H3. The maximum atomic E-state index is 6.66. The first-order valence-electron chi connectivity index (χ1n) is 18.3. The summed E-state index contributed by atoms with van der Waals surface area (Å²) in [6.45, 7) is 4.68. The Balaban J connectivity index is 1.16. The lowest BCUT2D eigenvalue weighted by atomic mass is 9.82. The van der Waals surface area contributed by atoms with E-state index in [4.69, 9.17) is 9.47 Å². The molecule has 0 atom stereocenters. The van der Waals surface area contributed by atoms with Gasteiger partial charge in [-0.3, -0.25) is 4.57 Å². The topological polar surface area (TPSA) is 26.6 Å². The molecule has 3 heterocycles. The van der Waals surface area contributed by atoms with Crippen molar-refractivity contribution in [1.82, 2.24) is 4.57 Å². The van der Waals surface area contributed by atoms with Gasteiger partial charge in [0, 0.05) is 27.6 Å². The summed E-state index contributed by atoms with van der Waals surface area (Å²) in [5.74, 6) is 3.29. The van der Waals surface area contributed by atoms with E-state index in [1.165, 1.54) is 44.2 Å². The number of fused-ring (bicyclic) bond motifs is 5. The Morgan fingerprint density at radius 3 is 2.06 bits per heavy atom. The molecule has 0 bridgehead atoms. The molecule has 8 aromatic carbocycles. The predicted octanol–water partition coefficient (Wildman–Crippen LogP) is 13.6. The Morgan fingerprint density at radius 2 is 1.15 bits per heavy atom. The molecular formula is C49H32N2O2. The van der Waals surface area contributed by atoms with Crippen LogP contribution < -0.4 is 14.4 Å². The fourth-order valence-corrected chi connectivity index (χ4v) is 9.38. The highest BCUT2D eigenvalue weighted by molar-refractivity contribution is 6.20. The number of hydrogen-bond acceptors (Lipinski definition) is 3. The van der Waals surface area contributed by atoms with Gasteiger partial charge in [0.05, 0.1) is 16.7 Å². The quantitative estimate of drug-likeness (QED) is 0.185. The maximum Gasteiger partial charge on any atom is 0.155 e. The maximum absolute atomic E-state index is 6.66. The summed E-state index contributed by atoms with van der Waals surface area (Å²) < 4.78 is 15.6. The fourth-order valence-electron chi connectivity index (χ4n) is 9.38. The van der Waals surface area contributed by atoms with E-state index in [0.29, 0.717) is 0 Å². The van der Waals surface area contributed by atoms with Gasteiger partial charge in [0.2, 0.25) is 0 Å². The van der Waals surface area contributed by atoms with Crippen LogP contribution >= 0.6 is 0 Å². The van der Waals surface area contributed by atoms with Crippen LogP contribution in [0.1, 0.15) is 25.0 Å². The smallest absolute Gasteiger partial charge is 0.155 e. The van der Waals surface area contributed by atoms with E-state index >= 15 is 0 Å². The van der Waals surface area contributed by atoms with Crippen molar-refractivity contribution in [2.75, 3.05) is 4.90 Å². The SMILES string of the molecule is CC1(C)c2ccccc2-c2cc(N(c3cccc(-c4cccc5ccccc45)c3)c3ccc4c5c3c3cccc6c3n5-c3c(cccc3O4)O6)ccc21. The van der Waals surface area contributed by atoms with Crippen molar-refractivity contribution in [3.63, 3.8) is 0 Å². The summed E-state index contributed by atoms with van der Waals surface area (Å²) in [7, 11) is 0. The number of aromatic nitrogens is 1. The van der Waals surface area contributed by atoms with Crippen LogP contribution in [0.5, 0.6) is 23.0 Å². The van der Waals surface area contributed by atoms with Crippen molar-refractivity contribution in [3.8, 4) is 50.9 Å². The molecule has 3 aliphatic rings. The summed E-state index contributed by atoms with van der Waals surface area (Å²) in [4.78, 5) is 2.44. The average molecular weight is 681 g/mol. The first-order chi connectivity index (χ1) is 26.0. The number of nitrogens with zero attached hydrogens (tertiary/aromatic N) is 2. The largest absolute Gasteiger partial charge is 0.453 e. The van der Waals surface area contributed by atoms with Gasteiger partial charge in [-0.05, 0) is 98.8 Å². The predicted molar refractivity (Wildman–Crippen MR) is 216 cm³/mol. The Bertz CT molecular complexity index is 3040. The lowest BCUT2D eigenvalue weighted by molar-refractivity contribution is 0.444. The van der Waals surface area contributed by atoms with Crippen LogP contribution in [0.3, 0.4) is 0 Å². The van der Waals surface area contributed by atoms with Crippen LogP contribution in [0.4, 0.5) is 17.1 Å². The van der Waals surface area contributed by atoms with Gasteiger partial charge in [-0.25, -0.2) is 0 Å². The van der Waals surface area contributed by atoms with E-state index in [0.717, 1.165) is 67.6 Å². The molecular weight excluding hydrogens is 649 g/mol. The molecule has 12 rings (SSSR count). The monoisotopic (exact) mass is 680 g/mol. The molecule has 4 heteroatoms. The molecule has 2 aliphatic heterocycles. The summed E-state index contributed by atoms with van der Waals surface area (Å²) >= 11 is 0. The molecule has 53 heavy (non-hydrogen) atoms. The zero-order valence-corrected chi connectivity index (χ0v) is 29.2.